The molecule has 1 aromatic heterocycles. The fourth-order valence-corrected chi connectivity index (χ4v) is 12.8. The van der Waals surface area contributed by atoms with E-state index in [9.17, 15) is 21.6 Å². The third-order valence-corrected chi connectivity index (χ3v) is 18.6. The Balaban J connectivity index is 2.90. The number of pyridine rings is 1. The van der Waals surface area contributed by atoms with Crippen molar-refractivity contribution in [1.82, 2.24) is 14.0 Å². The van der Waals surface area contributed by atoms with Crippen molar-refractivity contribution in [3.63, 3.8) is 0 Å². The van der Waals surface area contributed by atoms with E-state index in [1.165, 1.54) is 33.3 Å². The van der Waals surface area contributed by atoms with Crippen LogP contribution in [0.3, 0.4) is 0 Å². The maximum absolute atomic E-state index is 16.9. The summed E-state index contributed by atoms with van der Waals surface area (Å²) in [5.41, 5.74) is -1.68. The zero-order valence-corrected chi connectivity index (χ0v) is 32.5. The molecule has 16 heteroatoms. The van der Waals surface area contributed by atoms with Crippen molar-refractivity contribution in [2.45, 2.75) is 89.6 Å². The van der Waals surface area contributed by atoms with Crippen LogP contribution in [0.1, 0.15) is 59.7 Å². The minimum Gasteiger partial charge on any atom is -0.497 e. The van der Waals surface area contributed by atoms with Crippen molar-refractivity contribution < 1.29 is 35.5 Å². The van der Waals surface area contributed by atoms with Gasteiger partial charge in [-0.1, -0.05) is 45.0 Å². The standard InChI is InChI=1S/C30H47BrF4N4O4S2Si/c1-11-46(12-2,13-3)24-17-25(31)37-27(26(24)32)29(7,38-44(40)28(4,5)6)20-45(41,36-8)39(19-30(33,34)35)18-21-14-15-22(42-9)16-23(21)43-10/h14-17,38H,11-13,18-20H2,1-10H3/t29?,44-,45?/m1/s1. The molecule has 0 saturated heterocycles. The van der Waals surface area contributed by atoms with Crippen LogP contribution in [0.25, 0.3) is 0 Å². The van der Waals surface area contributed by atoms with Gasteiger partial charge in [0.25, 0.3) is 0 Å². The van der Waals surface area contributed by atoms with Crippen molar-refractivity contribution in [3.05, 3.63) is 45.9 Å². The third-order valence-electron chi connectivity index (χ3n) is 8.29. The van der Waals surface area contributed by atoms with Gasteiger partial charge in [-0.15, -0.1) is 0 Å². The highest BCUT2D eigenvalue weighted by molar-refractivity contribution is 9.10. The van der Waals surface area contributed by atoms with E-state index in [2.05, 4.69) is 30.0 Å². The predicted molar refractivity (Wildman–Crippen MR) is 184 cm³/mol. The van der Waals surface area contributed by atoms with E-state index >= 15 is 4.39 Å². The van der Waals surface area contributed by atoms with Gasteiger partial charge in [-0.3, -0.25) is 0 Å². The van der Waals surface area contributed by atoms with E-state index in [4.69, 9.17) is 9.47 Å². The number of hydrogen-bond acceptors (Lipinski definition) is 6. The fourth-order valence-electron chi connectivity index (χ4n) is 5.35. The number of halogens is 5. The molecule has 0 saturated carbocycles. The van der Waals surface area contributed by atoms with Gasteiger partial charge in [0, 0.05) is 25.2 Å². The van der Waals surface area contributed by atoms with E-state index in [0.717, 1.165) is 29.5 Å². The molecule has 0 radical (unpaired) electrons. The second-order valence-corrected chi connectivity index (χ2v) is 22.7. The van der Waals surface area contributed by atoms with Crippen molar-refractivity contribution in [2.24, 2.45) is 4.36 Å². The molecular weight excluding hydrogens is 728 g/mol. The molecule has 2 aromatic rings. The second kappa shape index (κ2) is 15.7. The lowest BCUT2D eigenvalue weighted by Crippen LogP contribution is -2.55. The monoisotopic (exact) mass is 774 g/mol. The summed E-state index contributed by atoms with van der Waals surface area (Å²) in [6.45, 7) is 10.6. The molecule has 2 rings (SSSR count). The topological polar surface area (TPSA) is 93.1 Å². The second-order valence-electron chi connectivity index (χ2n) is 12.3. The van der Waals surface area contributed by atoms with Crippen LogP contribution in [0.4, 0.5) is 17.6 Å². The molecule has 1 aromatic carbocycles. The SMILES string of the molecule is CC[Si](CC)(CC)c1cc(Br)nc(C(C)(CS(=O)(=NC)N(Cc2ccc(OC)cc2OC)CC(F)(F)F)N[S@](=O)C(C)(C)C)c1F. The normalized spacial score (nSPS) is 16.1. The van der Waals surface area contributed by atoms with Crippen molar-refractivity contribution >= 4 is 50.1 Å². The molecule has 1 N–H and O–H groups in total. The van der Waals surface area contributed by atoms with Crippen LogP contribution in [0.15, 0.2) is 33.2 Å². The van der Waals surface area contributed by atoms with Gasteiger partial charge in [0.2, 0.25) is 0 Å². The fraction of sp³-hybridized carbons (Fsp3) is 0.633. The highest BCUT2D eigenvalue weighted by atomic mass is 79.9. The smallest absolute Gasteiger partial charge is 0.402 e. The highest BCUT2D eigenvalue weighted by Gasteiger charge is 2.45. The number of benzene rings is 1. The van der Waals surface area contributed by atoms with E-state index in [0.29, 0.717) is 21.1 Å². The Morgan fingerprint density at radius 3 is 2.11 bits per heavy atom. The summed E-state index contributed by atoms with van der Waals surface area (Å²) in [4.78, 5) is 4.46. The summed E-state index contributed by atoms with van der Waals surface area (Å²) in [6, 6.07) is 8.49. The summed E-state index contributed by atoms with van der Waals surface area (Å²) >= 11 is 3.43. The quantitative estimate of drug-likeness (QED) is 0.119. The molecule has 0 amide bonds. The molecule has 0 aliphatic rings. The molecule has 46 heavy (non-hydrogen) atoms. The van der Waals surface area contributed by atoms with Gasteiger partial charge in [0.15, 0.2) is 0 Å². The molecule has 0 aliphatic heterocycles. The van der Waals surface area contributed by atoms with Crippen LogP contribution in [0.2, 0.25) is 18.1 Å². The number of aromatic nitrogens is 1. The molecule has 1 heterocycles. The first kappa shape index (κ1) is 40.6. The summed E-state index contributed by atoms with van der Waals surface area (Å²) < 4.78 is 105. The maximum atomic E-state index is 16.9. The van der Waals surface area contributed by atoms with Crippen LogP contribution in [-0.4, -0.2) is 70.3 Å². The van der Waals surface area contributed by atoms with E-state index in [1.807, 2.05) is 20.8 Å². The average molecular weight is 776 g/mol. The van der Waals surface area contributed by atoms with Gasteiger partial charge in [0.05, 0.1) is 55.0 Å². The van der Waals surface area contributed by atoms with Gasteiger partial charge in [-0.25, -0.2) is 31.2 Å². The third kappa shape index (κ3) is 9.52. The molecule has 262 valence electrons. The van der Waals surface area contributed by atoms with E-state index < -0.39 is 70.1 Å². The van der Waals surface area contributed by atoms with E-state index in [-0.39, 0.29) is 11.4 Å². The van der Waals surface area contributed by atoms with Crippen LogP contribution in [-0.2, 0) is 33.0 Å². The van der Waals surface area contributed by atoms with Gasteiger partial charge in [-0.05, 0) is 60.9 Å². The number of methoxy groups -OCH3 is 2. The molecule has 3 atom stereocenters. The van der Waals surface area contributed by atoms with Gasteiger partial charge in [-0.2, -0.15) is 13.2 Å². The Bertz CT molecular complexity index is 1500. The van der Waals surface area contributed by atoms with Gasteiger partial charge < -0.3 is 9.47 Å². The largest absolute Gasteiger partial charge is 0.497 e. The minimum atomic E-state index is -4.77. The van der Waals surface area contributed by atoms with E-state index in [1.54, 1.807) is 32.9 Å². The molecule has 0 spiro atoms. The number of ether oxygens (including phenoxy) is 2. The Morgan fingerprint density at radius 2 is 1.65 bits per heavy atom. The van der Waals surface area contributed by atoms with Crippen LogP contribution in [0, 0.1) is 5.82 Å². The molecule has 0 bridgehead atoms. The summed E-state index contributed by atoms with van der Waals surface area (Å²) in [7, 11) is -4.26. The molecular formula is C30H47BrF4N4O4S2Si. The van der Waals surface area contributed by atoms with Crippen LogP contribution < -0.4 is 19.4 Å². The zero-order chi connectivity index (χ0) is 35.3. The minimum absolute atomic E-state index is 0.188. The van der Waals surface area contributed by atoms with Crippen molar-refractivity contribution in [2.75, 3.05) is 33.6 Å². The molecule has 0 aliphatic carbocycles. The lowest BCUT2D eigenvalue weighted by molar-refractivity contribution is -0.136. The zero-order valence-electron chi connectivity index (χ0n) is 28.2. The lowest BCUT2D eigenvalue weighted by atomic mass is 10.0. The predicted octanol–water partition coefficient (Wildman–Crippen LogP) is 7.06. The molecule has 2 unspecified atom stereocenters. The van der Waals surface area contributed by atoms with Crippen molar-refractivity contribution in [1.29, 1.82) is 0 Å². The summed E-state index contributed by atoms with van der Waals surface area (Å²) in [5.74, 6) is -0.656. The number of alkyl halides is 3. The number of hydrogen-bond donors (Lipinski definition) is 1. The number of nitrogens with zero attached hydrogens (tertiary/aromatic N) is 3. The average Bonchev–Trinajstić information content (AvgIpc) is 2.98. The highest BCUT2D eigenvalue weighted by Crippen LogP contribution is 2.34. The first-order chi connectivity index (χ1) is 21.2. The van der Waals surface area contributed by atoms with Gasteiger partial charge in [0.1, 0.15) is 38.4 Å². The Morgan fingerprint density at radius 1 is 1.07 bits per heavy atom. The van der Waals surface area contributed by atoms with Crippen molar-refractivity contribution in [3.8, 4) is 11.5 Å². The molecule has 8 nitrogen and oxygen atoms in total. The first-order valence-electron chi connectivity index (χ1n) is 14.9. The Kier molecular flexibility index (Phi) is 13.9. The van der Waals surface area contributed by atoms with Crippen LogP contribution in [0.5, 0.6) is 11.5 Å². The number of rotatable bonds is 15. The Labute approximate surface area is 283 Å². The molecule has 0 fully saturated rings. The maximum Gasteiger partial charge on any atom is 0.402 e. The lowest BCUT2D eigenvalue weighted by Gasteiger charge is -2.38. The summed E-state index contributed by atoms with van der Waals surface area (Å²) in [5, 5.41) is 0.501. The first-order valence-corrected chi connectivity index (χ1v) is 21.1. The Hall–Kier alpha value is -1.59. The van der Waals surface area contributed by atoms with Crippen LogP contribution >= 0.6 is 15.9 Å². The summed E-state index contributed by atoms with van der Waals surface area (Å²) in [6.07, 6.45) is -4.77. The number of nitrogens with one attached hydrogen (secondary N) is 1. The van der Waals surface area contributed by atoms with Gasteiger partial charge >= 0.3 is 6.18 Å².